The van der Waals surface area contributed by atoms with Crippen LogP contribution in [0.25, 0.3) is 4.96 Å². The Balaban J connectivity index is 1.91. The fourth-order valence-electron chi connectivity index (χ4n) is 2.32. The van der Waals surface area contributed by atoms with Crippen molar-refractivity contribution < 1.29 is 13.2 Å². The molecule has 3 heterocycles. The summed E-state index contributed by atoms with van der Waals surface area (Å²) < 4.78 is 34.5. The molecule has 2 atom stereocenters. The molecule has 0 aromatic carbocycles. The van der Waals surface area contributed by atoms with Crippen molar-refractivity contribution in [3.8, 4) is 0 Å². The zero-order chi connectivity index (χ0) is 14.3. The highest BCUT2D eigenvalue weighted by atomic mass is 35.5. The first-order chi connectivity index (χ1) is 9.49. The lowest BCUT2D eigenvalue weighted by Crippen LogP contribution is -2.38. The summed E-state index contributed by atoms with van der Waals surface area (Å²) >= 11 is 7.31. The van der Waals surface area contributed by atoms with Gasteiger partial charge < -0.3 is 4.74 Å². The van der Waals surface area contributed by atoms with Crippen molar-refractivity contribution >= 4 is 37.9 Å². The van der Waals surface area contributed by atoms with E-state index in [0.717, 1.165) is 6.42 Å². The van der Waals surface area contributed by atoms with Gasteiger partial charge in [0.15, 0.2) is 15.1 Å². The summed E-state index contributed by atoms with van der Waals surface area (Å²) in [5.41, 5.74) is 0. The molecule has 0 saturated carbocycles. The van der Waals surface area contributed by atoms with Gasteiger partial charge in [0.25, 0.3) is 10.0 Å². The van der Waals surface area contributed by atoms with Gasteiger partial charge in [-0.2, -0.15) is 0 Å². The second-order valence-electron chi connectivity index (χ2n) is 4.80. The first-order valence-electron chi connectivity index (χ1n) is 6.20. The molecule has 9 heteroatoms. The smallest absolute Gasteiger partial charge is 0.260 e. The first kappa shape index (κ1) is 14.3. The molecular weight excluding hydrogens is 322 g/mol. The number of hydrogen-bond donors (Lipinski definition) is 1. The van der Waals surface area contributed by atoms with E-state index in [-0.39, 0.29) is 22.1 Å². The summed E-state index contributed by atoms with van der Waals surface area (Å²) in [6.45, 7) is 3.10. The van der Waals surface area contributed by atoms with E-state index in [4.69, 9.17) is 16.3 Å². The molecule has 2 unspecified atom stereocenters. The Bertz CT molecular complexity index is 718. The van der Waals surface area contributed by atoms with E-state index in [1.54, 1.807) is 11.6 Å². The molecule has 3 rings (SSSR count). The minimum atomic E-state index is -3.71. The van der Waals surface area contributed by atoms with Crippen LogP contribution in [-0.2, 0) is 14.8 Å². The Labute approximate surface area is 125 Å². The summed E-state index contributed by atoms with van der Waals surface area (Å²) in [6.07, 6.45) is 2.51. The van der Waals surface area contributed by atoms with Crippen LogP contribution in [0.4, 0.5) is 0 Å². The molecule has 6 nitrogen and oxygen atoms in total. The number of aromatic nitrogens is 2. The molecule has 0 spiro atoms. The normalized spacial score (nSPS) is 21.6. The number of nitrogens with zero attached hydrogens (tertiary/aromatic N) is 2. The van der Waals surface area contributed by atoms with Crippen molar-refractivity contribution in [2.75, 3.05) is 13.2 Å². The van der Waals surface area contributed by atoms with E-state index in [1.807, 2.05) is 6.92 Å². The van der Waals surface area contributed by atoms with Gasteiger partial charge in [-0.05, 0) is 13.3 Å². The van der Waals surface area contributed by atoms with Crippen LogP contribution in [0, 0.1) is 5.92 Å². The average molecular weight is 336 g/mol. The molecule has 20 heavy (non-hydrogen) atoms. The standard InChI is InChI=1S/C11H14ClN3O3S2/c1-7(8-2-4-18-6-8)14-20(16,17)10-9(12)13-11-15(10)3-5-19-11/h3,5,7-8,14H,2,4,6H2,1H3. The van der Waals surface area contributed by atoms with Gasteiger partial charge in [0.1, 0.15) is 0 Å². The molecule has 0 amide bonds. The van der Waals surface area contributed by atoms with Gasteiger partial charge in [-0.25, -0.2) is 18.1 Å². The maximum absolute atomic E-state index is 12.5. The Hall–Kier alpha value is -0.670. The molecule has 1 fully saturated rings. The number of fused-ring (bicyclic) bond motifs is 1. The van der Waals surface area contributed by atoms with Crippen molar-refractivity contribution in [2.24, 2.45) is 5.92 Å². The van der Waals surface area contributed by atoms with Gasteiger partial charge in [-0.1, -0.05) is 11.6 Å². The molecule has 0 bridgehead atoms. The average Bonchev–Trinajstić information content (AvgIpc) is 3.01. The topological polar surface area (TPSA) is 72.7 Å². The van der Waals surface area contributed by atoms with Crippen molar-refractivity contribution in [2.45, 2.75) is 24.4 Å². The summed E-state index contributed by atoms with van der Waals surface area (Å²) in [5.74, 6) is 0.189. The lowest BCUT2D eigenvalue weighted by Gasteiger charge is -2.18. The number of thiazole rings is 1. The van der Waals surface area contributed by atoms with Crippen LogP contribution in [0.5, 0.6) is 0 Å². The molecule has 0 radical (unpaired) electrons. The van der Waals surface area contributed by atoms with E-state index in [1.165, 1.54) is 15.7 Å². The quantitative estimate of drug-likeness (QED) is 0.924. The number of ether oxygens (including phenoxy) is 1. The Morgan fingerprint density at radius 3 is 3.15 bits per heavy atom. The highest BCUT2D eigenvalue weighted by Crippen LogP contribution is 2.26. The van der Waals surface area contributed by atoms with E-state index < -0.39 is 10.0 Å². The van der Waals surface area contributed by atoms with Crippen molar-refractivity contribution in [3.05, 3.63) is 16.7 Å². The molecular formula is C11H14ClN3O3S2. The lowest BCUT2D eigenvalue weighted by molar-refractivity contribution is 0.180. The number of nitrogens with one attached hydrogen (secondary N) is 1. The molecule has 1 N–H and O–H groups in total. The summed E-state index contributed by atoms with van der Waals surface area (Å²) in [7, 11) is -3.71. The predicted octanol–water partition coefficient (Wildman–Crippen LogP) is 1.75. The van der Waals surface area contributed by atoms with Crippen LogP contribution in [0.1, 0.15) is 13.3 Å². The van der Waals surface area contributed by atoms with Crippen LogP contribution < -0.4 is 4.72 Å². The largest absolute Gasteiger partial charge is 0.381 e. The highest BCUT2D eigenvalue weighted by Gasteiger charge is 2.30. The number of imidazole rings is 1. The van der Waals surface area contributed by atoms with Crippen LogP contribution in [0.15, 0.2) is 16.6 Å². The van der Waals surface area contributed by atoms with Crippen molar-refractivity contribution in [3.63, 3.8) is 0 Å². The Morgan fingerprint density at radius 2 is 2.45 bits per heavy atom. The molecule has 1 aliphatic rings. The number of hydrogen-bond acceptors (Lipinski definition) is 5. The zero-order valence-electron chi connectivity index (χ0n) is 10.7. The summed E-state index contributed by atoms with van der Waals surface area (Å²) in [6, 6.07) is -0.206. The van der Waals surface area contributed by atoms with Gasteiger partial charge in [-0.15, -0.1) is 11.3 Å². The van der Waals surface area contributed by atoms with Gasteiger partial charge in [0, 0.05) is 30.1 Å². The van der Waals surface area contributed by atoms with Crippen molar-refractivity contribution in [1.82, 2.24) is 14.1 Å². The van der Waals surface area contributed by atoms with E-state index >= 15 is 0 Å². The third-order valence-electron chi connectivity index (χ3n) is 3.45. The molecule has 2 aromatic heterocycles. The fraction of sp³-hybridized carbons (Fsp3) is 0.545. The molecule has 1 saturated heterocycles. The van der Waals surface area contributed by atoms with Gasteiger partial charge in [0.2, 0.25) is 0 Å². The number of halogens is 1. The molecule has 0 aliphatic carbocycles. The fourth-order valence-corrected chi connectivity index (χ4v) is 5.09. The van der Waals surface area contributed by atoms with Gasteiger partial charge >= 0.3 is 0 Å². The zero-order valence-corrected chi connectivity index (χ0v) is 13.1. The van der Waals surface area contributed by atoms with Gasteiger partial charge in [0.05, 0.1) is 6.61 Å². The second kappa shape index (κ2) is 5.27. The third-order valence-corrected chi connectivity index (χ3v) is 6.16. The molecule has 2 aromatic rings. The molecule has 1 aliphatic heterocycles. The lowest BCUT2D eigenvalue weighted by atomic mass is 10.0. The van der Waals surface area contributed by atoms with Crippen LogP contribution >= 0.6 is 22.9 Å². The highest BCUT2D eigenvalue weighted by molar-refractivity contribution is 7.89. The number of rotatable bonds is 4. The maximum Gasteiger partial charge on any atom is 0.260 e. The summed E-state index contributed by atoms with van der Waals surface area (Å²) in [5, 5.41) is 1.77. The SMILES string of the molecule is CC(NS(=O)(=O)c1c(Cl)nc2sccn12)C1CCOC1. The third kappa shape index (κ3) is 2.46. The first-order valence-corrected chi connectivity index (χ1v) is 8.94. The minimum Gasteiger partial charge on any atom is -0.381 e. The Morgan fingerprint density at radius 1 is 1.65 bits per heavy atom. The van der Waals surface area contributed by atoms with Gasteiger partial charge in [-0.3, -0.25) is 4.40 Å². The molecule has 110 valence electrons. The summed E-state index contributed by atoms with van der Waals surface area (Å²) in [4.78, 5) is 4.61. The van der Waals surface area contributed by atoms with Crippen LogP contribution in [0.3, 0.4) is 0 Å². The maximum atomic E-state index is 12.5. The van der Waals surface area contributed by atoms with E-state index in [2.05, 4.69) is 9.71 Å². The number of sulfonamides is 1. The monoisotopic (exact) mass is 335 g/mol. The Kier molecular flexibility index (Phi) is 3.76. The van der Waals surface area contributed by atoms with Crippen LogP contribution in [0.2, 0.25) is 5.15 Å². The van der Waals surface area contributed by atoms with E-state index in [0.29, 0.717) is 18.2 Å². The van der Waals surface area contributed by atoms with E-state index in [9.17, 15) is 8.42 Å². The minimum absolute atomic E-state index is 0.000720. The van der Waals surface area contributed by atoms with Crippen LogP contribution in [-0.4, -0.2) is 37.1 Å². The predicted molar refractivity (Wildman–Crippen MR) is 76.8 cm³/mol. The second-order valence-corrected chi connectivity index (χ2v) is 7.66. The van der Waals surface area contributed by atoms with Crippen molar-refractivity contribution in [1.29, 1.82) is 0 Å².